The lowest BCUT2D eigenvalue weighted by Gasteiger charge is -2.25. The Kier molecular flexibility index (Phi) is 4.84. The second-order valence-corrected chi connectivity index (χ2v) is 8.10. The summed E-state index contributed by atoms with van der Waals surface area (Å²) < 4.78 is 23.0. The van der Waals surface area contributed by atoms with E-state index in [9.17, 15) is 13.2 Å². The number of hydrogen-bond acceptors (Lipinski definition) is 4. The average molecular weight is 288 g/mol. The van der Waals surface area contributed by atoms with Gasteiger partial charge in [-0.15, -0.1) is 0 Å². The molecule has 0 aromatic rings. The number of sulfone groups is 1. The SMILES string of the molecule is CC(NC(=O)CC1CS(=O)(=O)CCN1)C1CCCC1. The summed E-state index contributed by atoms with van der Waals surface area (Å²) in [6.07, 6.45) is 5.16. The first-order valence-corrected chi connectivity index (χ1v) is 9.01. The van der Waals surface area contributed by atoms with Gasteiger partial charge in [0.1, 0.15) is 0 Å². The van der Waals surface area contributed by atoms with E-state index in [-0.39, 0.29) is 35.9 Å². The van der Waals surface area contributed by atoms with Crippen molar-refractivity contribution in [2.75, 3.05) is 18.1 Å². The van der Waals surface area contributed by atoms with Crippen LogP contribution < -0.4 is 10.6 Å². The van der Waals surface area contributed by atoms with Gasteiger partial charge in [-0.1, -0.05) is 12.8 Å². The highest BCUT2D eigenvalue weighted by Gasteiger charge is 2.27. The lowest BCUT2D eigenvalue weighted by Crippen LogP contribution is -2.48. The van der Waals surface area contributed by atoms with Crippen molar-refractivity contribution in [3.8, 4) is 0 Å². The van der Waals surface area contributed by atoms with Crippen molar-refractivity contribution in [1.82, 2.24) is 10.6 Å². The summed E-state index contributed by atoms with van der Waals surface area (Å²) in [5.41, 5.74) is 0. The zero-order valence-electron chi connectivity index (χ0n) is 11.5. The average Bonchev–Trinajstić information content (AvgIpc) is 2.80. The van der Waals surface area contributed by atoms with E-state index >= 15 is 0 Å². The van der Waals surface area contributed by atoms with Gasteiger partial charge in [-0.2, -0.15) is 0 Å². The molecule has 2 rings (SSSR count). The zero-order valence-corrected chi connectivity index (χ0v) is 12.3. The van der Waals surface area contributed by atoms with Gasteiger partial charge in [0.15, 0.2) is 9.84 Å². The predicted octanol–water partition coefficient (Wildman–Crippen LogP) is 0.458. The Morgan fingerprint density at radius 3 is 2.68 bits per heavy atom. The maximum absolute atomic E-state index is 11.9. The van der Waals surface area contributed by atoms with E-state index in [2.05, 4.69) is 17.6 Å². The molecule has 6 heteroatoms. The fraction of sp³-hybridized carbons (Fsp3) is 0.923. The second-order valence-electron chi connectivity index (χ2n) is 5.87. The molecule has 2 fully saturated rings. The Labute approximate surface area is 115 Å². The van der Waals surface area contributed by atoms with Crippen LogP contribution in [-0.4, -0.2) is 44.5 Å². The molecule has 0 bridgehead atoms. The monoisotopic (exact) mass is 288 g/mol. The zero-order chi connectivity index (χ0) is 13.9. The van der Waals surface area contributed by atoms with Crippen molar-refractivity contribution >= 4 is 15.7 Å². The molecule has 1 saturated carbocycles. The number of nitrogens with one attached hydrogen (secondary N) is 2. The smallest absolute Gasteiger partial charge is 0.221 e. The van der Waals surface area contributed by atoms with Gasteiger partial charge in [-0.3, -0.25) is 4.79 Å². The summed E-state index contributed by atoms with van der Waals surface area (Å²) in [7, 11) is -2.96. The number of rotatable bonds is 4. The quantitative estimate of drug-likeness (QED) is 0.788. The van der Waals surface area contributed by atoms with Crippen molar-refractivity contribution in [3.63, 3.8) is 0 Å². The molecule has 0 aromatic carbocycles. The predicted molar refractivity (Wildman–Crippen MR) is 74.6 cm³/mol. The van der Waals surface area contributed by atoms with Gasteiger partial charge < -0.3 is 10.6 Å². The number of carbonyl (C=O) groups is 1. The third-order valence-electron chi connectivity index (χ3n) is 4.23. The lowest BCUT2D eigenvalue weighted by atomic mass is 9.99. The first-order chi connectivity index (χ1) is 8.96. The number of carbonyl (C=O) groups excluding carboxylic acids is 1. The molecule has 2 unspecified atom stereocenters. The molecule has 0 aromatic heterocycles. The Hall–Kier alpha value is -0.620. The highest BCUT2D eigenvalue weighted by Crippen LogP contribution is 2.27. The Bertz CT molecular complexity index is 416. The minimum absolute atomic E-state index is 0.0333. The van der Waals surface area contributed by atoms with Crippen LogP contribution in [0.3, 0.4) is 0 Å². The van der Waals surface area contributed by atoms with Crippen LogP contribution in [0, 0.1) is 5.92 Å². The molecule has 1 amide bonds. The van der Waals surface area contributed by atoms with Gasteiger partial charge in [0.2, 0.25) is 5.91 Å². The summed E-state index contributed by atoms with van der Waals surface area (Å²) in [4.78, 5) is 11.9. The van der Waals surface area contributed by atoms with Crippen molar-refractivity contribution in [3.05, 3.63) is 0 Å². The summed E-state index contributed by atoms with van der Waals surface area (Å²) in [6, 6.07) is -0.0234. The fourth-order valence-corrected chi connectivity index (χ4v) is 4.55. The molecule has 1 aliphatic carbocycles. The third kappa shape index (κ3) is 4.45. The fourth-order valence-electron chi connectivity index (χ4n) is 3.11. The normalized spacial score (nSPS) is 29.0. The van der Waals surface area contributed by atoms with E-state index in [4.69, 9.17) is 0 Å². The topological polar surface area (TPSA) is 75.3 Å². The van der Waals surface area contributed by atoms with E-state index in [1.165, 1.54) is 25.7 Å². The van der Waals surface area contributed by atoms with Crippen LogP contribution >= 0.6 is 0 Å². The molecular formula is C13H24N2O3S. The first-order valence-electron chi connectivity index (χ1n) is 7.19. The molecule has 2 aliphatic rings. The van der Waals surface area contributed by atoms with Crippen LogP contribution in [0.1, 0.15) is 39.0 Å². The van der Waals surface area contributed by atoms with Gasteiger partial charge in [-0.05, 0) is 25.7 Å². The summed E-state index contributed by atoms with van der Waals surface area (Å²) in [5, 5.41) is 6.13. The molecule has 1 heterocycles. The number of amides is 1. The van der Waals surface area contributed by atoms with Crippen LogP contribution in [0.5, 0.6) is 0 Å². The molecule has 2 N–H and O–H groups in total. The Morgan fingerprint density at radius 1 is 1.37 bits per heavy atom. The molecule has 2 atom stereocenters. The maximum atomic E-state index is 11.9. The molecule has 0 spiro atoms. The second kappa shape index (κ2) is 6.22. The van der Waals surface area contributed by atoms with Crippen molar-refractivity contribution in [1.29, 1.82) is 0 Å². The number of hydrogen-bond donors (Lipinski definition) is 2. The van der Waals surface area contributed by atoms with E-state index in [1.54, 1.807) is 0 Å². The van der Waals surface area contributed by atoms with Gasteiger partial charge in [0.05, 0.1) is 11.5 Å². The highest BCUT2D eigenvalue weighted by atomic mass is 32.2. The van der Waals surface area contributed by atoms with E-state index in [0.717, 1.165) is 0 Å². The Morgan fingerprint density at radius 2 is 2.05 bits per heavy atom. The Balaban J connectivity index is 1.77. The molecule has 19 heavy (non-hydrogen) atoms. The minimum atomic E-state index is -2.96. The third-order valence-corrected chi connectivity index (χ3v) is 5.96. The molecule has 1 aliphatic heterocycles. The molecule has 0 radical (unpaired) electrons. The van der Waals surface area contributed by atoms with Crippen LogP contribution in [-0.2, 0) is 14.6 Å². The van der Waals surface area contributed by atoms with Crippen LogP contribution in [0.15, 0.2) is 0 Å². The lowest BCUT2D eigenvalue weighted by molar-refractivity contribution is -0.122. The van der Waals surface area contributed by atoms with Crippen LogP contribution in [0.2, 0.25) is 0 Å². The van der Waals surface area contributed by atoms with Gasteiger partial charge in [0.25, 0.3) is 0 Å². The molecule has 1 saturated heterocycles. The maximum Gasteiger partial charge on any atom is 0.221 e. The standard InChI is InChI=1S/C13H24N2O3S/c1-10(11-4-2-3-5-11)15-13(16)8-12-9-19(17,18)7-6-14-12/h10-12,14H,2-9H2,1H3,(H,15,16). The largest absolute Gasteiger partial charge is 0.353 e. The van der Waals surface area contributed by atoms with Crippen molar-refractivity contribution in [2.45, 2.75) is 51.1 Å². The van der Waals surface area contributed by atoms with Crippen LogP contribution in [0.25, 0.3) is 0 Å². The van der Waals surface area contributed by atoms with Gasteiger partial charge in [-0.25, -0.2) is 8.42 Å². The van der Waals surface area contributed by atoms with E-state index in [0.29, 0.717) is 12.5 Å². The van der Waals surface area contributed by atoms with Gasteiger partial charge in [0, 0.05) is 25.0 Å². The summed E-state index contributed by atoms with van der Waals surface area (Å²) in [6.45, 7) is 2.51. The van der Waals surface area contributed by atoms with Crippen molar-refractivity contribution < 1.29 is 13.2 Å². The molecule has 110 valence electrons. The van der Waals surface area contributed by atoms with Gasteiger partial charge >= 0.3 is 0 Å². The highest BCUT2D eigenvalue weighted by molar-refractivity contribution is 7.91. The van der Waals surface area contributed by atoms with Crippen LogP contribution in [0.4, 0.5) is 0 Å². The first kappa shape index (κ1) is 14.8. The minimum Gasteiger partial charge on any atom is -0.353 e. The van der Waals surface area contributed by atoms with Crippen molar-refractivity contribution in [2.24, 2.45) is 5.92 Å². The molecular weight excluding hydrogens is 264 g/mol. The van der Waals surface area contributed by atoms with E-state index < -0.39 is 9.84 Å². The molecule has 5 nitrogen and oxygen atoms in total. The van der Waals surface area contributed by atoms with E-state index in [1.807, 2.05) is 0 Å². The summed E-state index contributed by atoms with van der Waals surface area (Å²) >= 11 is 0. The summed E-state index contributed by atoms with van der Waals surface area (Å²) in [5.74, 6) is 0.822.